The van der Waals surface area contributed by atoms with Crippen LogP contribution in [0, 0.1) is 0 Å². The van der Waals surface area contributed by atoms with Crippen LogP contribution in [0.1, 0.15) is 52.7 Å². The predicted molar refractivity (Wildman–Crippen MR) is 109 cm³/mol. The highest BCUT2D eigenvalue weighted by Gasteiger charge is 2.27. The molecule has 0 radical (unpaired) electrons. The van der Waals surface area contributed by atoms with Gasteiger partial charge in [-0.15, -0.1) is 0 Å². The highest BCUT2D eigenvalue weighted by Crippen LogP contribution is 2.36. The van der Waals surface area contributed by atoms with Crippen molar-refractivity contribution in [3.8, 4) is 11.1 Å². The summed E-state index contributed by atoms with van der Waals surface area (Å²) in [6, 6.07) is 9.16. The Labute approximate surface area is 167 Å². The summed E-state index contributed by atoms with van der Waals surface area (Å²) in [5.41, 5.74) is 0.649. The molecule has 0 aliphatic rings. The topological polar surface area (TPSA) is 109 Å². The summed E-state index contributed by atoms with van der Waals surface area (Å²) in [6.07, 6.45) is 0. The molecule has 2 aromatic carbocycles. The maximum Gasteiger partial charge on any atom is 0.294 e. The lowest BCUT2D eigenvalue weighted by atomic mass is 9.84. The Hall–Kier alpha value is -1.74. The van der Waals surface area contributed by atoms with Gasteiger partial charge in [0.15, 0.2) is 0 Å². The molecule has 0 atom stereocenters. The highest BCUT2D eigenvalue weighted by molar-refractivity contribution is 7.86. The summed E-state index contributed by atoms with van der Waals surface area (Å²) in [5, 5.41) is 0. The Balaban J connectivity index is 2.80. The molecule has 2 N–H and O–H groups in total. The lowest BCUT2D eigenvalue weighted by molar-refractivity contribution is 0.474. The molecule has 0 aliphatic heterocycles. The summed E-state index contributed by atoms with van der Waals surface area (Å²) in [5.74, 6) is 0. The van der Waals surface area contributed by atoms with E-state index in [9.17, 15) is 25.9 Å². The van der Waals surface area contributed by atoms with Gasteiger partial charge in [0.25, 0.3) is 20.2 Å². The fourth-order valence-electron chi connectivity index (χ4n) is 3.07. The van der Waals surface area contributed by atoms with Crippen molar-refractivity contribution in [1.29, 1.82) is 0 Å². The minimum absolute atomic E-state index is 0.231. The number of benzene rings is 2. The van der Waals surface area contributed by atoms with Crippen LogP contribution >= 0.6 is 0 Å². The zero-order valence-electron chi connectivity index (χ0n) is 16.8. The van der Waals surface area contributed by atoms with Gasteiger partial charge < -0.3 is 0 Å². The number of hydrogen-bond donors (Lipinski definition) is 2. The van der Waals surface area contributed by atoms with Crippen LogP contribution in [0.25, 0.3) is 11.1 Å². The first kappa shape index (κ1) is 22.5. The van der Waals surface area contributed by atoms with Gasteiger partial charge in [-0.25, -0.2) is 0 Å². The van der Waals surface area contributed by atoms with Crippen LogP contribution in [0.2, 0.25) is 0 Å². The number of rotatable bonds is 3. The van der Waals surface area contributed by atoms with Crippen molar-refractivity contribution < 1.29 is 25.9 Å². The van der Waals surface area contributed by atoms with Gasteiger partial charge in [0.2, 0.25) is 0 Å². The third-order valence-electron chi connectivity index (χ3n) is 4.47. The molecule has 0 saturated carbocycles. The van der Waals surface area contributed by atoms with Crippen molar-refractivity contribution in [3.05, 3.63) is 47.5 Å². The van der Waals surface area contributed by atoms with Gasteiger partial charge in [0.05, 0.1) is 9.79 Å². The molecule has 0 amide bonds. The molecule has 6 nitrogen and oxygen atoms in total. The van der Waals surface area contributed by atoms with Gasteiger partial charge in [0.1, 0.15) is 0 Å². The second-order valence-corrected chi connectivity index (χ2v) is 11.7. The largest absolute Gasteiger partial charge is 0.294 e. The molecule has 0 unspecified atom stereocenters. The van der Waals surface area contributed by atoms with Crippen molar-refractivity contribution in [1.82, 2.24) is 0 Å². The molecular weight excluding hydrogens is 400 g/mol. The normalized spacial score (nSPS) is 13.6. The van der Waals surface area contributed by atoms with E-state index in [0.29, 0.717) is 22.3 Å². The summed E-state index contributed by atoms with van der Waals surface area (Å²) in [6.45, 7) is 10.9. The SMILES string of the molecule is CC(C)(C)c1ccc(-c2ccc(C(C)(C)C)c(S(=O)(=O)O)c2)cc1S(=O)(=O)O. The van der Waals surface area contributed by atoms with Gasteiger partial charge in [-0.3, -0.25) is 9.11 Å². The van der Waals surface area contributed by atoms with Crippen molar-refractivity contribution >= 4 is 20.2 Å². The summed E-state index contributed by atoms with van der Waals surface area (Å²) in [7, 11) is -8.97. The van der Waals surface area contributed by atoms with E-state index in [2.05, 4.69) is 0 Å². The van der Waals surface area contributed by atoms with Crippen LogP contribution in [-0.2, 0) is 31.1 Å². The van der Waals surface area contributed by atoms with E-state index >= 15 is 0 Å². The standard InChI is InChI=1S/C20H26O6S2/c1-19(2,3)15-9-7-13(11-17(15)27(21,22)23)14-8-10-16(20(4,5)6)18(12-14)28(24,25)26/h7-12H,1-6H3,(H,21,22,23)(H,24,25,26). The van der Waals surface area contributed by atoms with Crippen LogP contribution in [0.15, 0.2) is 46.2 Å². The fraction of sp³-hybridized carbons (Fsp3) is 0.400. The molecule has 28 heavy (non-hydrogen) atoms. The van der Waals surface area contributed by atoms with E-state index in [-0.39, 0.29) is 9.79 Å². The third-order valence-corrected chi connectivity index (χ3v) is 6.26. The molecule has 8 heteroatoms. The van der Waals surface area contributed by atoms with Crippen molar-refractivity contribution in [2.24, 2.45) is 0 Å². The van der Waals surface area contributed by atoms with Gasteiger partial charge in [0, 0.05) is 0 Å². The highest BCUT2D eigenvalue weighted by atomic mass is 32.2. The summed E-state index contributed by atoms with van der Waals surface area (Å²) in [4.78, 5) is -0.461. The Morgan fingerprint density at radius 3 is 1.11 bits per heavy atom. The quantitative estimate of drug-likeness (QED) is 0.702. The molecular formula is C20H26O6S2. The molecule has 0 saturated heterocycles. The van der Waals surface area contributed by atoms with Crippen LogP contribution in [0.5, 0.6) is 0 Å². The summed E-state index contributed by atoms with van der Waals surface area (Å²) < 4.78 is 67.0. The minimum Gasteiger partial charge on any atom is -0.282 e. The Morgan fingerprint density at radius 1 is 0.607 bits per heavy atom. The molecule has 0 bridgehead atoms. The first-order valence-electron chi connectivity index (χ1n) is 8.67. The van der Waals surface area contributed by atoms with E-state index in [1.54, 1.807) is 24.3 Å². The monoisotopic (exact) mass is 426 g/mol. The molecule has 0 aliphatic carbocycles. The average Bonchev–Trinajstić information content (AvgIpc) is 2.50. The van der Waals surface area contributed by atoms with Crippen molar-refractivity contribution in [3.63, 3.8) is 0 Å². The van der Waals surface area contributed by atoms with E-state index in [0.717, 1.165) is 0 Å². The molecule has 2 aromatic rings. The lowest BCUT2D eigenvalue weighted by Crippen LogP contribution is -2.17. The van der Waals surface area contributed by atoms with Crippen molar-refractivity contribution in [2.75, 3.05) is 0 Å². The average molecular weight is 427 g/mol. The first-order valence-corrected chi connectivity index (χ1v) is 11.5. The first-order chi connectivity index (χ1) is 12.4. The second kappa shape index (κ2) is 6.95. The smallest absolute Gasteiger partial charge is 0.282 e. The van der Waals surface area contributed by atoms with Crippen LogP contribution in [0.4, 0.5) is 0 Å². The van der Waals surface area contributed by atoms with Crippen LogP contribution in [-0.4, -0.2) is 25.9 Å². The zero-order valence-corrected chi connectivity index (χ0v) is 18.4. The van der Waals surface area contributed by atoms with E-state index in [1.165, 1.54) is 12.1 Å². The third kappa shape index (κ3) is 4.81. The maximum absolute atomic E-state index is 11.9. The molecule has 0 aromatic heterocycles. The van der Waals surface area contributed by atoms with Gasteiger partial charge >= 0.3 is 0 Å². The second-order valence-electron chi connectivity index (χ2n) is 8.87. The molecule has 0 spiro atoms. The van der Waals surface area contributed by atoms with Gasteiger partial charge in [-0.1, -0.05) is 65.8 Å². The van der Waals surface area contributed by atoms with Crippen LogP contribution in [0.3, 0.4) is 0 Å². The molecule has 154 valence electrons. The molecule has 0 fully saturated rings. The Kier molecular flexibility index (Phi) is 5.59. The van der Waals surface area contributed by atoms with E-state index < -0.39 is 31.1 Å². The lowest BCUT2D eigenvalue weighted by Gasteiger charge is -2.23. The number of hydrogen-bond acceptors (Lipinski definition) is 4. The molecule has 0 heterocycles. The maximum atomic E-state index is 11.9. The van der Waals surface area contributed by atoms with Crippen LogP contribution < -0.4 is 0 Å². The minimum atomic E-state index is -4.48. The van der Waals surface area contributed by atoms with Gasteiger partial charge in [-0.05, 0) is 45.2 Å². The predicted octanol–water partition coefficient (Wildman–Crippen LogP) is 4.44. The Bertz CT molecular complexity index is 1020. The molecule has 2 rings (SSSR count). The van der Waals surface area contributed by atoms with Crippen molar-refractivity contribution in [2.45, 2.75) is 62.2 Å². The van der Waals surface area contributed by atoms with E-state index in [4.69, 9.17) is 0 Å². The fourth-order valence-corrected chi connectivity index (χ4v) is 4.93. The van der Waals surface area contributed by atoms with Gasteiger partial charge in [-0.2, -0.15) is 16.8 Å². The summed E-state index contributed by atoms with van der Waals surface area (Å²) >= 11 is 0. The van der Waals surface area contributed by atoms with E-state index in [1.807, 2.05) is 41.5 Å². The Morgan fingerprint density at radius 2 is 0.893 bits per heavy atom. The zero-order chi connectivity index (χ0) is 21.7.